The molecule has 4 nitrogen and oxygen atoms in total. The highest BCUT2D eigenvalue weighted by Crippen LogP contribution is 2.15. The molecular formula is C13H25N3O. The first-order valence-electron chi connectivity index (χ1n) is 6.86. The zero-order valence-electron chi connectivity index (χ0n) is 11.1. The highest BCUT2D eigenvalue weighted by atomic mass is 16.5. The lowest BCUT2D eigenvalue weighted by molar-refractivity contribution is 0.367. The second-order valence-electron chi connectivity index (χ2n) is 4.61. The third kappa shape index (κ3) is 5.31. The van der Waals surface area contributed by atoms with Crippen LogP contribution in [0.1, 0.15) is 76.6 Å². The topological polar surface area (TPSA) is 64.9 Å². The maximum atomic E-state index is 6.03. The summed E-state index contributed by atoms with van der Waals surface area (Å²) in [6, 6.07) is -0.0639. The second kappa shape index (κ2) is 8.23. The number of hydrogen-bond donors (Lipinski definition) is 1. The molecule has 0 aromatic carbocycles. The van der Waals surface area contributed by atoms with Crippen molar-refractivity contribution < 1.29 is 4.52 Å². The van der Waals surface area contributed by atoms with Gasteiger partial charge in [0.2, 0.25) is 5.89 Å². The molecule has 0 aliphatic carbocycles. The third-order valence-corrected chi connectivity index (χ3v) is 2.90. The molecule has 4 heteroatoms. The summed E-state index contributed by atoms with van der Waals surface area (Å²) in [5, 5.41) is 3.94. The van der Waals surface area contributed by atoms with E-state index in [1.165, 1.54) is 25.7 Å². The molecule has 0 saturated carbocycles. The van der Waals surface area contributed by atoms with Crippen LogP contribution in [0.15, 0.2) is 4.52 Å². The summed E-state index contributed by atoms with van der Waals surface area (Å²) in [6.07, 6.45) is 9.12. The highest BCUT2D eigenvalue weighted by molar-refractivity contribution is 4.92. The first kappa shape index (κ1) is 14.2. The molecule has 17 heavy (non-hydrogen) atoms. The van der Waals surface area contributed by atoms with Crippen molar-refractivity contribution in [2.24, 2.45) is 5.73 Å². The average Bonchev–Trinajstić information content (AvgIpc) is 2.78. The van der Waals surface area contributed by atoms with Crippen LogP contribution in [0.3, 0.4) is 0 Å². The number of rotatable bonds is 9. The van der Waals surface area contributed by atoms with Crippen molar-refractivity contribution in [3.63, 3.8) is 0 Å². The lowest BCUT2D eigenvalue weighted by Crippen LogP contribution is -2.12. The van der Waals surface area contributed by atoms with Crippen LogP contribution in [0.25, 0.3) is 0 Å². The Kier molecular flexibility index (Phi) is 6.86. The molecule has 0 saturated heterocycles. The van der Waals surface area contributed by atoms with Gasteiger partial charge in [-0.1, -0.05) is 51.1 Å². The first-order valence-corrected chi connectivity index (χ1v) is 6.86. The summed E-state index contributed by atoms with van der Waals surface area (Å²) in [5.41, 5.74) is 6.03. The maximum Gasteiger partial charge on any atom is 0.226 e. The molecule has 1 heterocycles. The molecule has 0 radical (unpaired) electrons. The van der Waals surface area contributed by atoms with E-state index in [1.54, 1.807) is 0 Å². The normalized spacial score (nSPS) is 12.9. The zero-order chi connectivity index (χ0) is 12.5. The van der Waals surface area contributed by atoms with E-state index in [4.69, 9.17) is 10.3 Å². The first-order chi connectivity index (χ1) is 8.27. The van der Waals surface area contributed by atoms with Gasteiger partial charge in [0.1, 0.15) is 0 Å². The highest BCUT2D eigenvalue weighted by Gasteiger charge is 2.13. The van der Waals surface area contributed by atoms with Gasteiger partial charge in [-0.2, -0.15) is 4.98 Å². The molecule has 1 rings (SSSR count). The fourth-order valence-electron chi connectivity index (χ4n) is 1.83. The van der Waals surface area contributed by atoms with Gasteiger partial charge < -0.3 is 10.3 Å². The summed E-state index contributed by atoms with van der Waals surface area (Å²) >= 11 is 0. The van der Waals surface area contributed by atoms with Crippen molar-refractivity contribution in [3.8, 4) is 0 Å². The molecule has 0 aliphatic heterocycles. The fourth-order valence-corrected chi connectivity index (χ4v) is 1.83. The molecule has 0 spiro atoms. The van der Waals surface area contributed by atoms with Gasteiger partial charge in [0.15, 0.2) is 5.82 Å². The van der Waals surface area contributed by atoms with Crippen molar-refractivity contribution in [3.05, 3.63) is 11.7 Å². The zero-order valence-corrected chi connectivity index (χ0v) is 11.1. The number of hydrogen-bond acceptors (Lipinski definition) is 4. The second-order valence-corrected chi connectivity index (χ2v) is 4.61. The van der Waals surface area contributed by atoms with Crippen LogP contribution in [0.2, 0.25) is 0 Å². The van der Waals surface area contributed by atoms with Crippen molar-refractivity contribution in [2.75, 3.05) is 0 Å². The molecular weight excluding hydrogens is 214 g/mol. The minimum Gasteiger partial charge on any atom is -0.339 e. The average molecular weight is 239 g/mol. The standard InChI is InChI=1S/C13H25N3O/c1-3-5-6-7-8-10-11(14)13-15-12(9-4-2)17-16-13/h11H,3-10,14H2,1-2H3. The Balaban J connectivity index is 2.23. The van der Waals surface area contributed by atoms with Gasteiger partial charge in [0.05, 0.1) is 6.04 Å². The van der Waals surface area contributed by atoms with Crippen LogP contribution in [0.4, 0.5) is 0 Å². The van der Waals surface area contributed by atoms with E-state index in [-0.39, 0.29) is 6.04 Å². The monoisotopic (exact) mass is 239 g/mol. The Bertz CT molecular complexity index is 299. The summed E-state index contributed by atoms with van der Waals surface area (Å²) in [6.45, 7) is 4.32. The molecule has 0 amide bonds. The number of unbranched alkanes of at least 4 members (excludes halogenated alkanes) is 4. The summed E-state index contributed by atoms with van der Waals surface area (Å²) in [5.74, 6) is 1.38. The van der Waals surface area contributed by atoms with Crippen LogP contribution in [0, 0.1) is 0 Å². The molecule has 1 aromatic rings. The molecule has 0 fully saturated rings. The third-order valence-electron chi connectivity index (χ3n) is 2.90. The van der Waals surface area contributed by atoms with Gasteiger partial charge in [-0.05, 0) is 12.8 Å². The molecule has 1 aromatic heterocycles. The van der Waals surface area contributed by atoms with E-state index >= 15 is 0 Å². The molecule has 0 aliphatic rings. The Hall–Kier alpha value is -0.900. The SMILES string of the molecule is CCCCCCCC(N)c1noc(CCC)n1. The number of nitrogens with zero attached hydrogens (tertiary/aromatic N) is 2. The maximum absolute atomic E-state index is 6.03. The van der Waals surface area contributed by atoms with Crippen LogP contribution in [-0.2, 0) is 6.42 Å². The lowest BCUT2D eigenvalue weighted by atomic mass is 10.1. The van der Waals surface area contributed by atoms with Crippen LogP contribution in [-0.4, -0.2) is 10.1 Å². The Labute approximate surface area is 104 Å². The van der Waals surface area contributed by atoms with Crippen molar-refractivity contribution in [1.82, 2.24) is 10.1 Å². The van der Waals surface area contributed by atoms with Crippen LogP contribution in [0.5, 0.6) is 0 Å². The van der Waals surface area contributed by atoms with Gasteiger partial charge in [0.25, 0.3) is 0 Å². The van der Waals surface area contributed by atoms with Gasteiger partial charge in [-0.15, -0.1) is 0 Å². The lowest BCUT2D eigenvalue weighted by Gasteiger charge is -2.05. The predicted molar refractivity (Wildman–Crippen MR) is 68.6 cm³/mol. The van der Waals surface area contributed by atoms with Gasteiger partial charge in [0, 0.05) is 6.42 Å². The minimum absolute atomic E-state index is 0.0639. The number of aromatic nitrogens is 2. The molecule has 0 bridgehead atoms. The van der Waals surface area contributed by atoms with E-state index in [0.29, 0.717) is 11.7 Å². The number of nitrogens with two attached hydrogens (primary N) is 1. The number of aryl methyl sites for hydroxylation is 1. The summed E-state index contributed by atoms with van der Waals surface area (Å²) in [4.78, 5) is 4.31. The molecule has 98 valence electrons. The Morgan fingerprint density at radius 1 is 1.12 bits per heavy atom. The molecule has 1 unspecified atom stereocenters. The molecule has 1 atom stereocenters. The van der Waals surface area contributed by atoms with E-state index in [9.17, 15) is 0 Å². The quantitative estimate of drug-likeness (QED) is 0.671. The Morgan fingerprint density at radius 2 is 1.88 bits per heavy atom. The summed E-state index contributed by atoms with van der Waals surface area (Å²) in [7, 11) is 0. The fraction of sp³-hybridized carbons (Fsp3) is 0.846. The molecule has 2 N–H and O–H groups in total. The predicted octanol–water partition coefficient (Wildman–Crippen LogP) is 3.38. The van der Waals surface area contributed by atoms with E-state index < -0.39 is 0 Å². The van der Waals surface area contributed by atoms with Crippen molar-refractivity contribution in [1.29, 1.82) is 0 Å². The van der Waals surface area contributed by atoms with Crippen LogP contribution >= 0.6 is 0 Å². The van der Waals surface area contributed by atoms with E-state index in [1.807, 2.05) is 0 Å². The largest absolute Gasteiger partial charge is 0.339 e. The van der Waals surface area contributed by atoms with Gasteiger partial charge in [-0.3, -0.25) is 0 Å². The minimum atomic E-state index is -0.0639. The van der Waals surface area contributed by atoms with Crippen molar-refractivity contribution >= 4 is 0 Å². The smallest absolute Gasteiger partial charge is 0.226 e. The Morgan fingerprint density at radius 3 is 2.59 bits per heavy atom. The van der Waals surface area contributed by atoms with E-state index in [2.05, 4.69) is 24.0 Å². The van der Waals surface area contributed by atoms with Crippen molar-refractivity contribution in [2.45, 2.75) is 71.3 Å². The van der Waals surface area contributed by atoms with Gasteiger partial charge in [-0.25, -0.2) is 0 Å². The summed E-state index contributed by atoms with van der Waals surface area (Å²) < 4.78 is 5.13. The van der Waals surface area contributed by atoms with Crippen LogP contribution < -0.4 is 5.73 Å². The van der Waals surface area contributed by atoms with Gasteiger partial charge >= 0.3 is 0 Å². The van der Waals surface area contributed by atoms with E-state index in [0.717, 1.165) is 25.7 Å².